The minimum atomic E-state index is -2.96. The van der Waals surface area contributed by atoms with E-state index in [1.807, 2.05) is 24.3 Å². The van der Waals surface area contributed by atoms with Gasteiger partial charge in [-0.2, -0.15) is 8.78 Å². The molecule has 0 radical (unpaired) electrons. The number of amides is 1. The molecular formula is C20H22F2N2O3. The van der Waals surface area contributed by atoms with Gasteiger partial charge in [-0.1, -0.05) is 30.3 Å². The number of para-hydroxylation sites is 2. The van der Waals surface area contributed by atoms with Crippen molar-refractivity contribution in [2.75, 3.05) is 33.3 Å². The van der Waals surface area contributed by atoms with Crippen molar-refractivity contribution in [2.24, 2.45) is 0 Å². The van der Waals surface area contributed by atoms with Gasteiger partial charge in [0.25, 0.3) is 5.91 Å². The van der Waals surface area contributed by atoms with Crippen LogP contribution in [0.2, 0.25) is 0 Å². The minimum Gasteiger partial charge on any atom is -0.496 e. The fourth-order valence-electron chi connectivity index (χ4n) is 3.20. The average molecular weight is 376 g/mol. The maximum atomic E-state index is 12.7. The van der Waals surface area contributed by atoms with Crippen LogP contribution in [0.25, 0.3) is 0 Å². The second kappa shape index (κ2) is 8.81. The molecular weight excluding hydrogens is 354 g/mol. The van der Waals surface area contributed by atoms with Crippen LogP contribution in [0.1, 0.15) is 15.9 Å². The summed E-state index contributed by atoms with van der Waals surface area (Å²) in [4.78, 5) is 16.6. The van der Waals surface area contributed by atoms with Gasteiger partial charge >= 0.3 is 6.61 Å². The van der Waals surface area contributed by atoms with Crippen LogP contribution in [0.4, 0.5) is 8.78 Å². The normalized spacial score (nSPS) is 15.0. The Morgan fingerprint density at radius 1 is 1.00 bits per heavy atom. The van der Waals surface area contributed by atoms with Crippen LogP contribution in [0, 0.1) is 0 Å². The van der Waals surface area contributed by atoms with Crippen LogP contribution in [-0.2, 0) is 6.54 Å². The third-order valence-corrected chi connectivity index (χ3v) is 4.58. The van der Waals surface area contributed by atoms with E-state index >= 15 is 0 Å². The third kappa shape index (κ3) is 4.74. The van der Waals surface area contributed by atoms with Gasteiger partial charge in [0, 0.05) is 38.3 Å². The molecule has 0 N–H and O–H groups in total. The molecule has 1 aliphatic heterocycles. The molecule has 0 unspecified atom stereocenters. The number of nitrogens with zero attached hydrogens (tertiary/aromatic N) is 2. The Morgan fingerprint density at radius 3 is 2.30 bits per heavy atom. The van der Waals surface area contributed by atoms with Crippen molar-refractivity contribution in [3.05, 3.63) is 59.7 Å². The molecule has 0 bridgehead atoms. The van der Waals surface area contributed by atoms with Gasteiger partial charge in [-0.15, -0.1) is 0 Å². The van der Waals surface area contributed by atoms with E-state index in [4.69, 9.17) is 4.74 Å². The fraction of sp³-hybridized carbons (Fsp3) is 0.350. The quantitative estimate of drug-likeness (QED) is 0.776. The van der Waals surface area contributed by atoms with Gasteiger partial charge in [-0.25, -0.2) is 0 Å². The third-order valence-electron chi connectivity index (χ3n) is 4.58. The number of carbonyl (C=O) groups excluding carboxylic acids is 1. The van der Waals surface area contributed by atoms with E-state index in [0.29, 0.717) is 26.2 Å². The van der Waals surface area contributed by atoms with Crippen molar-refractivity contribution >= 4 is 5.91 Å². The molecule has 1 amide bonds. The summed E-state index contributed by atoms with van der Waals surface area (Å²) in [5.41, 5.74) is 1.26. The Kier molecular flexibility index (Phi) is 6.24. The van der Waals surface area contributed by atoms with Gasteiger partial charge < -0.3 is 14.4 Å². The summed E-state index contributed by atoms with van der Waals surface area (Å²) in [6, 6.07) is 14.0. The summed E-state index contributed by atoms with van der Waals surface area (Å²) in [6.07, 6.45) is 0. The first-order valence-electron chi connectivity index (χ1n) is 8.76. The van der Waals surface area contributed by atoms with Crippen LogP contribution in [-0.4, -0.2) is 55.6 Å². The second-order valence-corrected chi connectivity index (χ2v) is 6.25. The molecule has 0 atom stereocenters. The van der Waals surface area contributed by atoms with E-state index in [2.05, 4.69) is 9.64 Å². The highest BCUT2D eigenvalue weighted by atomic mass is 19.3. The molecule has 5 nitrogen and oxygen atoms in total. The second-order valence-electron chi connectivity index (χ2n) is 6.25. The van der Waals surface area contributed by atoms with E-state index in [0.717, 1.165) is 17.9 Å². The lowest BCUT2D eigenvalue weighted by Crippen LogP contribution is -2.48. The van der Waals surface area contributed by atoms with Crippen molar-refractivity contribution in [3.8, 4) is 11.5 Å². The lowest BCUT2D eigenvalue weighted by atomic mass is 10.1. The number of halogens is 2. The number of rotatable bonds is 6. The average Bonchev–Trinajstić information content (AvgIpc) is 2.68. The number of carbonyl (C=O) groups is 1. The zero-order valence-electron chi connectivity index (χ0n) is 15.1. The molecule has 0 saturated carbocycles. The largest absolute Gasteiger partial charge is 0.496 e. The first-order chi connectivity index (χ1) is 13.1. The van der Waals surface area contributed by atoms with Crippen LogP contribution < -0.4 is 9.47 Å². The predicted molar refractivity (Wildman–Crippen MR) is 97.2 cm³/mol. The van der Waals surface area contributed by atoms with Crippen LogP contribution in [0.15, 0.2) is 48.5 Å². The zero-order chi connectivity index (χ0) is 19.2. The van der Waals surface area contributed by atoms with Crippen LogP contribution in [0.3, 0.4) is 0 Å². The summed E-state index contributed by atoms with van der Waals surface area (Å²) >= 11 is 0. The molecule has 2 aromatic carbocycles. The van der Waals surface area contributed by atoms with Crippen molar-refractivity contribution in [1.29, 1.82) is 0 Å². The Balaban J connectivity index is 1.62. The van der Waals surface area contributed by atoms with Gasteiger partial charge in [0.2, 0.25) is 0 Å². The first-order valence-corrected chi connectivity index (χ1v) is 8.76. The minimum absolute atomic E-state index is 0.0889. The van der Waals surface area contributed by atoms with E-state index in [1.165, 1.54) is 12.1 Å². The number of hydrogen-bond donors (Lipinski definition) is 0. The number of piperazine rings is 1. The Bertz CT molecular complexity index is 777. The van der Waals surface area contributed by atoms with Gasteiger partial charge in [-0.3, -0.25) is 9.69 Å². The summed E-state index contributed by atoms with van der Waals surface area (Å²) in [5, 5.41) is 0. The van der Waals surface area contributed by atoms with Crippen molar-refractivity contribution in [1.82, 2.24) is 9.80 Å². The molecule has 7 heteroatoms. The predicted octanol–water partition coefficient (Wildman–Crippen LogP) is 3.25. The molecule has 0 spiro atoms. The lowest BCUT2D eigenvalue weighted by Gasteiger charge is -2.35. The fourth-order valence-corrected chi connectivity index (χ4v) is 3.20. The van der Waals surface area contributed by atoms with Gasteiger partial charge in [0.05, 0.1) is 12.7 Å². The van der Waals surface area contributed by atoms with Crippen molar-refractivity contribution in [3.63, 3.8) is 0 Å². The summed E-state index contributed by atoms with van der Waals surface area (Å²) in [5.74, 6) is 0.464. The maximum absolute atomic E-state index is 12.7. The molecule has 0 aliphatic carbocycles. The molecule has 27 heavy (non-hydrogen) atoms. The molecule has 2 aromatic rings. The number of hydrogen-bond acceptors (Lipinski definition) is 4. The van der Waals surface area contributed by atoms with Gasteiger partial charge in [-0.05, 0) is 18.2 Å². The topological polar surface area (TPSA) is 42.0 Å². The first kappa shape index (κ1) is 19.1. The molecule has 1 saturated heterocycles. The maximum Gasteiger partial charge on any atom is 0.387 e. The Morgan fingerprint density at radius 2 is 1.63 bits per heavy atom. The summed E-state index contributed by atoms with van der Waals surface area (Å²) in [6.45, 7) is 0.214. The van der Waals surface area contributed by atoms with E-state index in [9.17, 15) is 13.6 Å². The lowest BCUT2D eigenvalue weighted by molar-refractivity contribution is -0.0503. The van der Waals surface area contributed by atoms with E-state index in [1.54, 1.807) is 24.1 Å². The van der Waals surface area contributed by atoms with E-state index in [-0.39, 0.29) is 17.2 Å². The van der Waals surface area contributed by atoms with Crippen molar-refractivity contribution in [2.45, 2.75) is 13.2 Å². The number of benzene rings is 2. The van der Waals surface area contributed by atoms with E-state index < -0.39 is 6.61 Å². The highest BCUT2D eigenvalue weighted by Crippen LogP contribution is 2.24. The number of methoxy groups -OCH3 is 1. The molecule has 1 heterocycles. The standard InChI is InChI=1S/C20H22F2N2O3/c1-26-17-8-4-2-6-15(17)14-23-10-12-24(13-11-23)19(25)16-7-3-5-9-18(16)27-20(21)22/h2-9,20H,10-14H2,1H3. The van der Waals surface area contributed by atoms with Gasteiger partial charge in [0.15, 0.2) is 0 Å². The summed E-state index contributed by atoms with van der Waals surface area (Å²) in [7, 11) is 1.65. The summed E-state index contributed by atoms with van der Waals surface area (Å²) < 4.78 is 35.0. The van der Waals surface area contributed by atoms with Gasteiger partial charge in [0.1, 0.15) is 11.5 Å². The Hall–Kier alpha value is -2.67. The zero-order valence-corrected chi connectivity index (χ0v) is 15.1. The molecule has 1 fully saturated rings. The number of alkyl halides is 2. The molecule has 144 valence electrons. The molecule has 0 aromatic heterocycles. The molecule has 1 aliphatic rings. The Labute approximate surface area is 157 Å². The van der Waals surface area contributed by atoms with Crippen molar-refractivity contribution < 1.29 is 23.0 Å². The monoisotopic (exact) mass is 376 g/mol. The SMILES string of the molecule is COc1ccccc1CN1CCN(C(=O)c2ccccc2OC(F)F)CC1. The smallest absolute Gasteiger partial charge is 0.387 e. The molecule has 3 rings (SSSR count). The highest BCUT2D eigenvalue weighted by molar-refractivity contribution is 5.97. The van der Waals surface area contributed by atoms with Crippen LogP contribution in [0.5, 0.6) is 11.5 Å². The highest BCUT2D eigenvalue weighted by Gasteiger charge is 2.25. The number of ether oxygens (including phenoxy) is 2. The van der Waals surface area contributed by atoms with Crippen LogP contribution >= 0.6 is 0 Å².